The summed E-state index contributed by atoms with van der Waals surface area (Å²) >= 11 is 6.30. The van der Waals surface area contributed by atoms with E-state index in [1.807, 2.05) is 63.2 Å². The smallest absolute Gasteiger partial charge is 0.261 e. The lowest BCUT2D eigenvalue weighted by molar-refractivity contribution is -0.143. The van der Waals surface area contributed by atoms with E-state index >= 15 is 0 Å². The van der Waals surface area contributed by atoms with Crippen LogP contribution in [0.1, 0.15) is 37.8 Å². The van der Waals surface area contributed by atoms with Crippen LogP contribution in [0.5, 0.6) is 5.75 Å². The molecule has 0 heterocycles. The van der Waals surface area contributed by atoms with E-state index in [1.165, 1.54) is 0 Å². The first-order chi connectivity index (χ1) is 14.0. The molecule has 0 radical (unpaired) electrons. The molecule has 29 heavy (non-hydrogen) atoms. The van der Waals surface area contributed by atoms with Gasteiger partial charge in [0.05, 0.1) is 0 Å². The second-order valence-corrected chi connectivity index (χ2v) is 7.34. The molecule has 0 aliphatic heterocycles. The molecule has 0 aromatic heterocycles. The third-order valence-electron chi connectivity index (χ3n) is 4.59. The van der Waals surface area contributed by atoms with E-state index in [0.29, 0.717) is 23.7 Å². The van der Waals surface area contributed by atoms with Gasteiger partial charge in [-0.3, -0.25) is 9.59 Å². The van der Waals surface area contributed by atoms with Gasteiger partial charge in [-0.1, -0.05) is 55.8 Å². The highest BCUT2D eigenvalue weighted by Crippen LogP contribution is 2.20. The van der Waals surface area contributed by atoms with Crippen molar-refractivity contribution in [2.24, 2.45) is 0 Å². The lowest BCUT2D eigenvalue weighted by atomic mass is 10.1. The molecule has 0 spiro atoms. The van der Waals surface area contributed by atoms with Crippen molar-refractivity contribution in [1.82, 2.24) is 10.2 Å². The van der Waals surface area contributed by atoms with Crippen LogP contribution in [0, 0.1) is 6.92 Å². The first-order valence-corrected chi connectivity index (χ1v) is 10.3. The van der Waals surface area contributed by atoms with E-state index in [1.54, 1.807) is 11.0 Å². The third kappa shape index (κ3) is 6.79. The van der Waals surface area contributed by atoms with Gasteiger partial charge in [-0.05, 0) is 49.1 Å². The zero-order chi connectivity index (χ0) is 21.2. The number of nitrogens with zero attached hydrogens (tertiary/aromatic N) is 1. The molecule has 0 aliphatic carbocycles. The molecule has 0 saturated carbocycles. The molecule has 0 bridgehead atoms. The molecule has 2 rings (SSSR count). The van der Waals surface area contributed by atoms with Crippen molar-refractivity contribution >= 4 is 23.4 Å². The summed E-state index contributed by atoms with van der Waals surface area (Å²) in [4.78, 5) is 27.3. The first kappa shape index (κ1) is 22.8. The Hall–Kier alpha value is -2.53. The van der Waals surface area contributed by atoms with Crippen LogP contribution < -0.4 is 10.1 Å². The fourth-order valence-electron chi connectivity index (χ4n) is 3.03. The van der Waals surface area contributed by atoms with Crippen LogP contribution >= 0.6 is 11.6 Å². The molecule has 2 amide bonds. The summed E-state index contributed by atoms with van der Waals surface area (Å²) < 4.78 is 5.70. The quantitative estimate of drug-likeness (QED) is 0.626. The zero-order valence-electron chi connectivity index (χ0n) is 17.3. The van der Waals surface area contributed by atoms with Gasteiger partial charge in [0, 0.05) is 18.1 Å². The van der Waals surface area contributed by atoms with Gasteiger partial charge >= 0.3 is 0 Å². The maximum absolute atomic E-state index is 13.1. The minimum absolute atomic E-state index is 0.147. The Labute approximate surface area is 178 Å². The average Bonchev–Trinajstić information content (AvgIpc) is 2.71. The molecule has 2 aromatic rings. The summed E-state index contributed by atoms with van der Waals surface area (Å²) in [5, 5.41) is 3.46. The maximum Gasteiger partial charge on any atom is 0.261 e. The highest BCUT2D eigenvalue weighted by atomic mass is 35.5. The molecule has 1 atom stereocenters. The monoisotopic (exact) mass is 416 g/mol. The minimum atomic E-state index is -0.591. The van der Waals surface area contributed by atoms with Gasteiger partial charge in [0.15, 0.2) is 6.61 Å². The number of nitrogens with one attached hydrogen (secondary N) is 1. The Bertz CT molecular complexity index is 825. The van der Waals surface area contributed by atoms with E-state index in [9.17, 15) is 9.59 Å². The second kappa shape index (κ2) is 11.5. The van der Waals surface area contributed by atoms with Crippen molar-refractivity contribution in [2.45, 2.75) is 46.2 Å². The summed E-state index contributed by atoms with van der Waals surface area (Å²) in [5.41, 5.74) is 1.84. The summed E-state index contributed by atoms with van der Waals surface area (Å²) in [6.07, 6.45) is 1.33. The fourth-order valence-corrected chi connectivity index (χ4v) is 3.22. The third-order valence-corrected chi connectivity index (χ3v) is 4.95. The summed E-state index contributed by atoms with van der Waals surface area (Å²) in [7, 11) is 0. The Morgan fingerprint density at radius 1 is 1.14 bits per heavy atom. The molecule has 0 unspecified atom stereocenters. The van der Waals surface area contributed by atoms with E-state index in [2.05, 4.69) is 5.32 Å². The van der Waals surface area contributed by atoms with Crippen LogP contribution in [0.25, 0.3) is 0 Å². The minimum Gasteiger partial charge on any atom is -0.484 e. The van der Waals surface area contributed by atoms with Gasteiger partial charge in [-0.15, -0.1) is 0 Å². The van der Waals surface area contributed by atoms with E-state index in [4.69, 9.17) is 16.3 Å². The number of benzene rings is 2. The molecule has 0 fully saturated rings. The lowest BCUT2D eigenvalue weighted by Gasteiger charge is -2.30. The summed E-state index contributed by atoms with van der Waals surface area (Å²) in [5.74, 6) is 0.203. The Balaban J connectivity index is 2.20. The molecule has 0 saturated heterocycles. The molecular weight excluding hydrogens is 388 g/mol. The molecule has 2 aromatic carbocycles. The van der Waals surface area contributed by atoms with Gasteiger partial charge in [0.2, 0.25) is 5.91 Å². The fraction of sp³-hybridized carbons (Fsp3) is 0.391. The van der Waals surface area contributed by atoms with Gasteiger partial charge in [0.1, 0.15) is 11.8 Å². The van der Waals surface area contributed by atoms with Gasteiger partial charge in [0.25, 0.3) is 5.91 Å². The number of carbonyl (C=O) groups is 2. The molecular formula is C23H29ClN2O3. The molecule has 1 N–H and O–H groups in total. The molecule has 5 nitrogen and oxygen atoms in total. The first-order valence-electron chi connectivity index (χ1n) is 9.96. The van der Waals surface area contributed by atoms with Crippen molar-refractivity contribution in [1.29, 1.82) is 0 Å². The molecule has 0 aliphatic rings. The zero-order valence-corrected chi connectivity index (χ0v) is 18.0. The van der Waals surface area contributed by atoms with Gasteiger partial charge in [-0.25, -0.2) is 0 Å². The van der Waals surface area contributed by atoms with Crippen molar-refractivity contribution in [2.75, 3.05) is 13.2 Å². The Kier molecular flexibility index (Phi) is 9.00. The average molecular weight is 417 g/mol. The largest absolute Gasteiger partial charge is 0.484 e. The van der Waals surface area contributed by atoms with Crippen molar-refractivity contribution < 1.29 is 14.3 Å². The van der Waals surface area contributed by atoms with Crippen LogP contribution in [0.15, 0.2) is 48.5 Å². The number of ether oxygens (including phenoxy) is 1. The number of amides is 2. The van der Waals surface area contributed by atoms with Gasteiger partial charge < -0.3 is 15.0 Å². The number of carbonyl (C=O) groups excluding carboxylic acids is 2. The number of hydrogen-bond acceptors (Lipinski definition) is 3. The van der Waals surface area contributed by atoms with Crippen LogP contribution in [-0.4, -0.2) is 35.9 Å². The highest BCUT2D eigenvalue weighted by Gasteiger charge is 2.29. The Morgan fingerprint density at radius 3 is 2.55 bits per heavy atom. The van der Waals surface area contributed by atoms with Crippen molar-refractivity contribution in [3.63, 3.8) is 0 Å². The van der Waals surface area contributed by atoms with Crippen LogP contribution in [-0.2, 0) is 16.1 Å². The second-order valence-electron chi connectivity index (χ2n) is 6.93. The summed E-state index contributed by atoms with van der Waals surface area (Å²) in [6.45, 7) is 6.51. The molecule has 156 valence electrons. The predicted molar refractivity (Wildman–Crippen MR) is 116 cm³/mol. The predicted octanol–water partition coefficient (Wildman–Crippen LogP) is 4.36. The van der Waals surface area contributed by atoms with E-state index in [0.717, 1.165) is 17.5 Å². The van der Waals surface area contributed by atoms with E-state index in [-0.39, 0.29) is 25.0 Å². The Morgan fingerprint density at radius 2 is 1.90 bits per heavy atom. The summed E-state index contributed by atoms with van der Waals surface area (Å²) in [6, 6.07) is 14.3. The normalized spacial score (nSPS) is 11.6. The standard InChI is InChI=1S/C23H29ClN2O3/c1-4-13-25-23(28)21(5-2)26(15-18-10-6-7-12-20(18)24)22(27)16-29-19-11-8-9-17(3)14-19/h6-12,14,21H,4-5,13,15-16H2,1-3H3,(H,25,28)/t21-/m1/s1. The van der Waals surface area contributed by atoms with Crippen molar-refractivity contribution in [3.8, 4) is 5.75 Å². The van der Waals surface area contributed by atoms with E-state index < -0.39 is 6.04 Å². The highest BCUT2D eigenvalue weighted by molar-refractivity contribution is 6.31. The van der Waals surface area contributed by atoms with Crippen LogP contribution in [0.2, 0.25) is 5.02 Å². The number of rotatable bonds is 10. The molecule has 6 heteroatoms. The number of hydrogen-bond donors (Lipinski definition) is 1. The number of halogens is 1. The maximum atomic E-state index is 13.1. The van der Waals surface area contributed by atoms with Gasteiger partial charge in [-0.2, -0.15) is 0 Å². The van der Waals surface area contributed by atoms with Crippen molar-refractivity contribution in [3.05, 3.63) is 64.7 Å². The lowest BCUT2D eigenvalue weighted by Crippen LogP contribution is -2.50. The SMILES string of the molecule is CCCNC(=O)[C@@H](CC)N(Cc1ccccc1Cl)C(=O)COc1cccc(C)c1. The van der Waals surface area contributed by atoms with Crippen LogP contribution in [0.3, 0.4) is 0 Å². The number of aryl methyl sites for hydroxylation is 1. The van der Waals surface area contributed by atoms with Crippen LogP contribution in [0.4, 0.5) is 0 Å². The topological polar surface area (TPSA) is 58.6 Å².